The van der Waals surface area contributed by atoms with Crippen LogP contribution in [0.3, 0.4) is 0 Å². The van der Waals surface area contributed by atoms with Gasteiger partial charge in [-0.3, -0.25) is 9.59 Å². The van der Waals surface area contributed by atoms with Crippen LogP contribution in [-0.2, 0) is 7.05 Å². The number of aromatic amines is 1. The van der Waals surface area contributed by atoms with Crippen molar-refractivity contribution >= 4 is 34.2 Å². The number of nitrogens with zero attached hydrogens (tertiary/aromatic N) is 3. The number of Topliss-reactive ketones (excluding diaryl/α,β-unsaturated/α-hetero) is 1. The number of nitrogens with one attached hydrogen (secondary N) is 2. The zero-order valence-electron chi connectivity index (χ0n) is 15.4. The zero-order valence-corrected chi connectivity index (χ0v) is 15.4. The summed E-state index contributed by atoms with van der Waals surface area (Å²) in [6.45, 7) is 1.53. The Morgan fingerprint density at radius 2 is 1.86 bits per heavy atom. The summed E-state index contributed by atoms with van der Waals surface area (Å²) in [7, 11) is 1.71. The van der Waals surface area contributed by atoms with E-state index in [9.17, 15) is 9.59 Å². The van der Waals surface area contributed by atoms with Gasteiger partial charge in [-0.25, -0.2) is 9.97 Å². The van der Waals surface area contributed by atoms with Gasteiger partial charge in [-0.1, -0.05) is 0 Å². The van der Waals surface area contributed by atoms with Gasteiger partial charge in [0.1, 0.15) is 11.6 Å². The Labute approximate surface area is 160 Å². The molecule has 0 saturated heterocycles. The number of rotatable bonds is 4. The number of ketones is 1. The van der Waals surface area contributed by atoms with Crippen molar-refractivity contribution in [3.05, 3.63) is 60.0 Å². The summed E-state index contributed by atoms with van der Waals surface area (Å²) < 4.78 is 1.57. The van der Waals surface area contributed by atoms with Crippen LogP contribution in [0.25, 0.3) is 22.4 Å². The number of nitrogen functional groups attached to an aromatic ring is 1. The second kappa shape index (κ2) is 6.66. The molecule has 1 amide bonds. The number of H-pyrrole nitrogens is 1. The van der Waals surface area contributed by atoms with Crippen LogP contribution in [0.1, 0.15) is 27.9 Å². The molecule has 28 heavy (non-hydrogen) atoms. The molecule has 4 N–H and O–H groups in total. The predicted octanol–water partition coefficient (Wildman–Crippen LogP) is 3.00. The Kier molecular flexibility index (Phi) is 4.15. The SMILES string of the molecule is CC(=O)c1ccc2nc(-c3ccc(NC(=O)c4nc(N)cn4C)cc3)[nH]c2c1. The normalized spacial score (nSPS) is 10.9. The lowest BCUT2D eigenvalue weighted by Crippen LogP contribution is -2.16. The highest BCUT2D eigenvalue weighted by molar-refractivity contribution is 6.02. The van der Waals surface area contributed by atoms with Gasteiger partial charge in [0.05, 0.1) is 11.0 Å². The first-order valence-electron chi connectivity index (χ1n) is 8.62. The first kappa shape index (κ1) is 17.5. The molecule has 0 aliphatic rings. The summed E-state index contributed by atoms with van der Waals surface area (Å²) in [5, 5.41) is 2.79. The number of fused-ring (bicyclic) bond motifs is 1. The zero-order chi connectivity index (χ0) is 19.8. The van der Waals surface area contributed by atoms with Crippen molar-refractivity contribution in [2.75, 3.05) is 11.1 Å². The molecule has 2 heterocycles. The number of nitrogens with two attached hydrogens (primary N) is 1. The minimum Gasteiger partial charge on any atom is -0.382 e. The number of hydrogen-bond acceptors (Lipinski definition) is 5. The largest absolute Gasteiger partial charge is 0.382 e. The number of hydrogen-bond donors (Lipinski definition) is 3. The Hall–Kier alpha value is -3.94. The van der Waals surface area contributed by atoms with Gasteiger partial charge in [0, 0.05) is 30.1 Å². The van der Waals surface area contributed by atoms with E-state index in [1.807, 2.05) is 18.2 Å². The third-order valence-electron chi connectivity index (χ3n) is 4.40. The standard InChI is InChI=1S/C20H18N6O2/c1-11(27)13-5-8-15-16(9-13)24-18(23-15)12-3-6-14(7-4-12)22-20(28)19-25-17(21)10-26(19)2/h3-10H,21H2,1-2H3,(H,22,28)(H,23,24). The van der Waals surface area contributed by atoms with Crippen molar-refractivity contribution < 1.29 is 9.59 Å². The number of anilines is 2. The molecule has 0 unspecified atom stereocenters. The molecule has 0 spiro atoms. The second-order valence-electron chi connectivity index (χ2n) is 6.51. The average Bonchev–Trinajstić information content (AvgIpc) is 3.24. The molecule has 0 bridgehead atoms. The lowest BCUT2D eigenvalue weighted by Gasteiger charge is -2.05. The fourth-order valence-electron chi connectivity index (χ4n) is 2.96. The fraction of sp³-hybridized carbons (Fsp3) is 0.100. The number of benzene rings is 2. The summed E-state index contributed by atoms with van der Waals surface area (Å²) in [5.74, 6) is 0.881. The summed E-state index contributed by atoms with van der Waals surface area (Å²) in [6.07, 6.45) is 1.58. The number of aromatic nitrogens is 4. The smallest absolute Gasteiger partial charge is 0.291 e. The van der Waals surface area contributed by atoms with Gasteiger partial charge in [0.15, 0.2) is 5.78 Å². The summed E-state index contributed by atoms with van der Waals surface area (Å²) in [4.78, 5) is 35.6. The molecule has 0 saturated carbocycles. The number of carbonyl (C=O) groups is 2. The monoisotopic (exact) mass is 374 g/mol. The Morgan fingerprint density at radius 1 is 1.11 bits per heavy atom. The van der Waals surface area contributed by atoms with Crippen molar-refractivity contribution in [1.29, 1.82) is 0 Å². The van der Waals surface area contributed by atoms with E-state index in [1.54, 1.807) is 42.1 Å². The van der Waals surface area contributed by atoms with Crippen molar-refractivity contribution in [2.24, 2.45) is 7.05 Å². The molecule has 0 aliphatic heterocycles. The highest BCUT2D eigenvalue weighted by atomic mass is 16.2. The van der Waals surface area contributed by atoms with Crippen LogP contribution < -0.4 is 11.1 Å². The molecular formula is C20H18N6O2. The summed E-state index contributed by atoms with van der Waals surface area (Å²) >= 11 is 0. The molecule has 0 fully saturated rings. The number of imidazole rings is 2. The van der Waals surface area contributed by atoms with Crippen LogP contribution in [0.15, 0.2) is 48.7 Å². The molecule has 8 heteroatoms. The quantitative estimate of drug-likeness (QED) is 0.475. The van der Waals surface area contributed by atoms with Gasteiger partial charge in [-0.2, -0.15) is 0 Å². The third-order valence-corrected chi connectivity index (χ3v) is 4.40. The van der Waals surface area contributed by atoms with Gasteiger partial charge >= 0.3 is 0 Å². The van der Waals surface area contributed by atoms with E-state index >= 15 is 0 Å². The van der Waals surface area contributed by atoms with E-state index in [0.29, 0.717) is 22.9 Å². The van der Waals surface area contributed by atoms with E-state index in [1.165, 1.54) is 6.92 Å². The lowest BCUT2D eigenvalue weighted by molar-refractivity contribution is 0.100. The van der Waals surface area contributed by atoms with E-state index in [2.05, 4.69) is 20.3 Å². The van der Waals surface area contributed by atoms with Gasteiger partial charge < -0.3 is 20.6 Å². The van der Waals surface area contributed by atoms with Crippen LogP contribution in [0, 0.1) is 0 Å². The van der Waals surface area contributed by atoms with Crippen LogP contribution in [0.4, 0.5) is 11.5 Å². The Bertz CT molecular complexity index is 1200. The van der Waals surface area contributed by atoms with Crippen molar-refractivity contribution in [3.8, 4) is 11.4 Å². The number of aryl methyl sites for hydroxylation is 1. The maximum absolute atomic E-state index is 12.3. The van der Waals surface area contributed by atoms with Crippen molar-refractivity contribution in [3.63, 3.8) is 0 Å². The minimum atomic E-state index is -0.340. The third kappa shape index (κ3) is 3.23. The molecule has 0 atom stereocenters. The first-order chi connectivity index (χ1) is 13.4. The number of carbonyl (C=O) groups excluding carboxylic acids is 2. The average molecular weight is 374 g/mol. The van der Waals surface area contributed by atoms with Gasteiger partial charge in [-0.15, -0.1) is 0 Å². The molecule has 4 rings (SSSR count). The molecular weight excluding hydrogens is 356 g/mol. The minimum absolute atomic E-state index is 0.00705. The van der Waals surface area contributed by atoms with Crippen LogP contribution in [0.5, 0.6) is 0 Å². The van der Waals surface area contributed by atoms with E-state index < -0.39 is 0 Å². The molecule has 4 aromatic rings. The summed E-state index contributed by atoms with van der Waals surface area (Å²) in [5.41, 5.74) is 9.32. The molecule has 2 aromatic heterocycles. The van der Waals surface area contributed by atoms with E-state index in [0.717, 1.165) is 16.6 Å². The number of amides is 1. The van der Waals surface area contributed by atoms with Crippen LogP contribution >= 0.6 is 0 Å². The highest BCUT2D eigenvalue weighted by Gasteiger charge is 2.13. The fourth-order valence-corrected chi connectivity index (χ4v) is 2.96. The maximum atomic E-state index is 12.3. The maximum Gasteiger partial charge on any atom is 0.291 e. The van der Waals surface area contributed by atoms with Crippen LogP contribution in [0.2, 0.25) is 0 Å². The van der Waals surface area contributed by atoms with Gasteiger partial charge in [-0.05, 0) is 49.4 Å². The highest BCUT2D eigenvalue weighted by Crippen LogP contribution is 2.23. The molecule has 8 nitrogen and oxygen atoms in total. The first-order valence-corrected chi connectivity index (χ1v) is 8.62. The van der Waals surface area contributed by atoms with Gasteiger partial charge in [0.25, 0.3) is 5.91 Å². The Morgan fingerprint density at radius 3 is 2.50 bits per heavy atom. The summed E-state index contributed by atoms with van der Waals surface area (Å²) in [6, 6.07) is 12.7. The Balaban J connectivity index is 1.56. The van der Waals surface area contributed by atoms with E-state index in [4.69, 9.17) is 5.73 Å². The second-order valence-corrected chi connectivity index (χ2v) is 6.51. The predicted molar refractivity (Wildman–Crippen MR) is 107 cm³/mol. The van der Waals surface area contributed by atoms with Gasteiger partial charge in [0.2, 0.25) is 5.82 Å². The van der Waals surface area contributed by atoms with Crippen molar-refractivity contribution in [2.45, 2.75) is 6.92 Å². The topological polar surface area (TPSA) is 119 Å². The molecule has 140 valence electrons. The van der Waals surface area contributed by atoms with E-state index in [-0.39, 0.29) is 17.5 Å². The molecule has 2 aromatic carbocycles. The molecule has 0 radical (unpaired) electrons. The van der Waals surface area contributed by atoms with Crippen molar-refractivity contribution in [1.82, 2.24) is 19.5 Å². The molecule has 0 aliphatic carbocycles. The lowest BCUT2D eigenvalue weighted by atomic mass is 10.1. The van der Waals surface area contributed by atoms with Crippen LogP contribution in [-0.4, -0.2) is 31.2 Å².